The van der Waals surface area contributed by atoms with Crippen molar-refractivity contribution < 1.29 is 19.4 Å². The molecule has 0 saturated heterocycles. The highest BCUT2D eigenvalue weighted by Crippen LogP contribution is 2.27. The van der Waals surface area contributed by atoms with E-state index in [4.69, 9.17) is 9.84 Å². The van der Waals surface area contributed by atoms with E-state index in [9.17, 15) is 9.59 Å². The van der Waals surface area contributed by atoms with Gasteiger partial charge >= 0.3 is 5.97 Å². The molecule has 0 fully saturated rings. The van der Waals surface area contributed by atoms with Crippen molar-refractivity contribution in [1.29, 1.82) is 0 Å². The number of ether oxygens (including phenoxy) is 1. The summed E-state index contributed by atoms with van der Waals surface area (Å²) >= 11 is 0. The fourth-order valence-corrected chi connectivity index (χ4v) is 2.10. The Morgan fingerprint density at radius 1 is 1.50 bits per heavy atom. The third-order valence-corrected chi connectivity index (χ3v) is 3.06. The van der Waals surface area contributed by atoms with E-state index in [-0.39, 0.29) is 12.5 Å². The number of fused-ring (bicyclic) bond motifs is 1. The highest BCUT2D eigenvalue weighted by Gasteiger charge is 2.22. The van der Waals surface area contributed by atoms with Crippen LogP contribution in [0.3, 0.4) is 0 Å². The van der Waals surface area contributed by atoms with Gasteiger partial charge in [-0.3, -0.25) is 9.59 Å². The average Bonchev–Trinajstić information content (AvgIpc) is 2.35. The second kappa shape index (κ2) is 5.18. The topological polar surface area (TPSA) is 75.6 Å². The molecule has 2 N–H and O–H groups in total. The highest BCUT2D eigenvalue weighted by atomic mass is 16.5. The van der Waals surface area contributed by atoms with Crippen LogP contribution in [0.5, 0.6) is 0 Å². The second-order valence-electron chi connectivity index (χ2n) is 4.31. The van der Waals surface area contributed by atoms with Gasteiger partial charge in [0.15, 0.2) is 0 Å². The van der Waals surface area contributed by atoms with Crippen LogP contribution < -0.4 is 5.32 Å². The van der Waals surface area contributed by atoms with Crippen molar-refractivity contribution in [2.24, 2.45) is 0 Å². The van der Waals surface area contributed by atoms with Crippen LogP contribution in [0.1, 0.15) is 23.5 Å². The minimum atomic E-state index is -0.906. The van der Waals surface area contributed by atoms with E-state index in [1.807, 2.05) is 6.07 Å². The number of aliphatic carboxylic acids is 1. The molecule has 1 aliphatic heterocycles. The molecule has 5 heteroatoms. The Labute approximate surface area is 105 Å². The van der Waals surface area contributed by atoms with Crippen LogP contribution >= 0.6 is 0 Å². The fraction of sp³-hybridized carbons (Fsp3) is 0.385. The molecule has 1 unspecified atom stereocenters. The number of benzene rings is 1. The van der Waals surface area contributed by atoms with E-state index in [1.165, 1.54) is 7.11 Å². The molecule has 1 atom stereocenters. The zero-order valence-corrected chi connectivity index (χ0v) is 10.1. The van der Waals surface area contributed by atoms with E-state index in [1.54, 1.807) is 12.1 Å². The molecule has 5 nitrogen and oxygen atoms in total. The first kappa shape index (κ1) is 12.6. The fourth-order valence-electron chi connectivity index (χ4n) is 2.10. The molecule has 1 amide bonds. The summed E-state index contributed by atoms with van der Waals surface area (Å²) in [6.45, 7) is 0.139. The Morgan fingerprint density at radius 3 is 2.94 bits per heavy atom. The number of carboxylic acid groups (broad SMARTS) is 1. The Balaban J connectivity index is 2.29. The lowest BCUT2D eigenvalue weighted by molar-refractivity contribution is -0.140. The smallest absolute Gasteiger partial charge is 0.313 e. The maximum Gasteiger partial charge on any atom is 0.313 e. The minimum absolute atomic E-state index is 0.00178. The van der Waals surface area contributed by atoms with Crippen molar-refractivity contribution in [1.82, 2.24) is 0 Å². The lowest BCUT2D eigenvalue weighted by atomic mass is 9.94. The summed E-state index contributed by atoms with van der Waals surface area (Å²) in [6, 6.07) is 5.32. The monoisotopic (exact) mass is 249 g/mol. The van der Waals surface area contributed by atoms with Crippen molar-refractivity contribution in [2.75, 3.05) is 19.0 Å². The number of aryl methyl sites for hydroxylation is 1. The van der Waals surface area contributed by atoms with E-state index < -0.39 is 11.9 Å². The SMILES string of the molecule is COCC(C(=O)O)c1ccc2c(c1)CCC(=O)N2. The van der Waals surface area contributed by atoms with Gasteiger partial charge in [-0.2, -0.15) is 0 Å². The van der Waals surface area contributed by atoms with Gasteiger partial charge in [-0.1, -0.05) is 12.1 Å². The van der Waals surface area contributed by atoms with Crippen molar-refractivity contribution in [3.63, 3.8) is 0 Å². The van der Waals surface area contributed by atoms with Crippen LogP contribution in [0, 0.1) is 0 Å². The molecule has 1 aliphatic rings. The largest absolute Gasteiger partial charge is 0.481 e. The summed E-state index contributed by atoms with van der Waals surface area (Å²) in [5.41, 5.74) is 2.46. The molecule has 0 radical (unpaired) electrons. The lowest BCUT2D eigenvalue weighted by Crippen LogP contribution is -2.21. The van der Waals surface area contributed by atoms with Gasteiger partial charge in [-0.15, -0.1) is 0 Å². The van der Waals surface area contributed by atoms with Crippen molar-refractivity contribution >= 4 is 17.6 Å². The lowest BCUT2D eigenvalue weighted by Gasteiger charge is -2.19. The summed E-state index contributed by atoms with van der Waals surface area (Å²) in [4.78, 5) is 22.4. The van der Waals surface area contributed by atoms with E-state index in [0.29, 0.717) is 18.4 Å². The third kappa shape index (κ3) is 2.51. The van der Waals surface area contributed by atoms with Crippen LogP contribution in [0.2, 0.25) is 0 Å². The Morgan fingerprint density at radius 2 is 2.28 bits per heavy atom. The van der Waals surface area contributed by atoms with Gasteiger partial charge in [0.1, 0.15) is 5.92 Å². The second-order valence-corrected chi connectivity index (χ2v) is 4.31. The zero-order chi connectivity index (χ0) is 13.1. The number of carbonyl (C=O) groups is 2. The molecule has 1 heterocycles. The number of carbonyl (C=O) groups excluding carboxylic acids is 1. The van der Waals surface area contributed by atoms with Gasteiger partial charge < -0.3 is 15.2 Å². The molecule has 2 rings (SSSR count). The summed E-state index contributed by atoms with van der Waals surface area (Å²) < 4.78 is 4.93. The molecular weight excluding hydrogens is 234 g/mol. The molecule has 0 saturated carbocycles. The number of carboxylic acids is 1. The van der Waals surface area contributed by atoms with Gasteiger partial charge in [0.05, 0.1) is 6.61 Å². The van der Waals surface area contributed by atoms with Gasteiger partial charge in [-0.05, 0) is 23.6 Å². The molecule has 0 aromatic heterocycles. The van der Waals surface area contributed by atoms with Crippen molar-refractivity contribution in [3.05, 3.63) is 29.3 Å². The molecule has 1 aromatic carbocycles. The number of hydrogen-bond donors (Lipinski definition) is 2. The van der Waals surface area contributed by atoms with Gasteiger partial charge in [-0.25, -0.2) is 0 Å². The Hall–Kier alpha value is -1.88. The van der Waals surface area contributed by atoms with Crippen LogP contribution in [0.25, 0.3) is 0 Å². The number of amides is 1. The van der Waals surface area contributed by atoms with Crippen LogP contribution in [-0.4, -0.2) is 30.7 Å². The summed E-state index contributed by atoms with van der Waals surface area (Å²) in [7, 11) is 1.48. The summed E-state index contributed by atoms with van der Waals surface area (Å²) in [5.74, 6) is -1.57. The van der Waals surface area contributed by atoms with Crippen LogP contribution in [-0.2, 0) is 20.7 Å². The third-order valence-electron chi connectivity index (χ3n) is 3.06. The average molecular weight is 249 g/mol. The number of methoxy groups -OCH3 is 1. The first-order chi connectivity index (χ1) is 8.61. The number of nitrogens with one attached hydrogen (secondary N) is 1. The zero-order valence-electron chi connectivity index (χ0n) is 10.1. The molecular formula is C13H15NO4. The standard InChI is InChI=1S/C13H15NO4/c1-18-7-10(13(16)17)8-2-4-11-9(6-8)3-5-12(15)14-11/h2,4,6,10H,3,5,7H2,1H3,(H,14,15)(H,16,17). The molecule has 0 spiro atoms. The van der Waals surface area contributed by atoms with E-state index in [0.717, 1.165) is 11.3 Å². The van der Waals surface area contributed by atoms with Crippen LogP contribution in [0.4, 0.5) is 5.69 Å². The predicted molar refractivity (Wildman–Crippen MR) is 65.6 cm³/mol. The summed E-state index contributed by atoms with van der Waals surface area (Å²) in [6.07, 6.45) is 1.09. The van der Waals surface area contributed by atoms with Crippen molar-refractivity contribution in [2.45, 2.75) is 18.8 Å². The number of hydrogen-bond acceptors (Lipinski definition) is 3. The highest BCUT2D eigenvalue weighted by molar-refractivity contribution is 5.94. The molecule has 0 aliphatic carbocycles. The van der Waals surface area contributed by atoms with Gasteiger partial charge in [0.25, 0.3) is 0 Å². The van der Waals surface area contributed by atoms with E-state index >= 15 is 0 Å². The molecule has 18 heavy (non-hydrogen) atoms. The first-order valence-electron chi connectivity index (χ1n) is 5.76. The maximum absolute atomic E-state index is 11.2. The minimum Gasteiger partial charge on any atom is -0.481 e. The Kier molecular flexibility index (Phi) is 3.62. The van der Waals surface area contributed by atoms with Gasteiger partial charge in [0.2, 0.25) is 5.91 Å². The van der Waals surface area contributed by atoms with E-state index in [2.05, 4.69) is 5.32 Å². The normalized spacial score (nSPS) is 15.7. The van der Waals surface area contributed by atoms with Crippen LogP contribution in [0.15, 0.2) is 18.2 Å². The Bertz CT molecular complexity index is 484. The first-order valence-corrected chi connectivity index (χ1v) is 5.76. The summed E-state index contributed by atoms with van der Waals surface area (Å²) in [5, 5.41) is 11.9. The maximum atomic E-state index is 11.2. The predicted octanol–water partition coefficient (Wildman–Crippen LogP) is 1.39. The molecule has 96 valence electrons. The number of rotatable bonds is 4. The number of anilines is 1. The quantitative estimate of drug-likeness (QED) is 0.845. The van der Waals surface area contributed by atoms with Gasteiger partial charge in [0, 0.05) is 19.2 Å². The van der Waals surface area contributed by atoms with Crippen molar-refractivity contribution in [3.8, 4) is 0 Å². The molecule has 0 bridgehead atoms. The molecule has 1 aromatic rings.